The topological polar surface area (TPSA) is 12.9 Å². The Morgan fingerprint density at radius 1 is 1.50 bits per heavy atom. The molecule has 0 saturated heterocycles. The van der Waals surface area contributed by atoms with Crippen molar-refractivity contribution in [3.63, 3.8) is 0 Å². The lowest BCUT2D eigenvalue weighted by Gasteiger charge is -2.15. The van der Waals surface area contributed by atoms with Crippen molar-refractivity contribution in [3.05, 3.63) is 16.9 Å². The molecule has 1 aromatic heterocycles. The van der Waals surface area contributed by atoms with Crippen molar-refractivity contribution in [2.75, 3.05) is 0 Å². The highest BCUT2D eigenvalue weighted by atomic mass is 32.1. The SMILES string of the molecule is CC(C)(C)c1csnc1F. The van der Waals surface area contributed by atoms with Gasteiger partial charge in [0.15, 0.2) is 0 Å². The number of hydrogen-bond donors (Lipinski definition) is 0. The minimum Gasteiger partial charge on any atom is -0.184 e. The molecule has 0 N–H and O–H groups in total. The van der Waals surface area contributed by atoms with Gasteiger partial charge in [-0.2, -0.15) is 8.76 Å². The molecule has 0 aliphatic heterocycles. The molecule has 0 bridgehead atoms. The first-order chi connectivity index (χ1) is 4.52. The Bertz CT molecular complexity index is 224. The first kappa shape index (κ1) is 7.66. The van der Waals surface area contributed by atoms with E-state index in [1.807, 2.05) is 20.8 Å². The molecule has 10 heavy (non-hydrogen) atoms. The second kappa shape index (κ2) is 2.31. The van der Waals surface area contributed by atoms with Crippen molar-refractivity contribution >= 4 is 11.5 Å². The van der Waals surface area contributed by atoms with Gasteiger partial charge in [0.25, 0.3) is 0 Å². The molecule has 0 saturated carbocycles. The summed E-state index contributed by atoms with van der Waals surface area (Å²) in [6.45, 7) is 5.92. The summed E-state index contributed by atoms with van der Waals surface area (Å²) < 4.78 is 16.3. The summed E-state index contributed by atoms with van der Waals surface area (Å²) in [6, 6.07) is 0. The second-order valence-corrected chi connectivity index (χ2v) is 3.90. The summed E-state index contributed by atoms with van der Waals surface area (Å²) in [4.78, 5) is 0. The molecule has 0 amide bonds. The van der Waals surface area contributed by atoms with E-state index in [1.54, 1.807) is 5.38 Å². The summed E-state index contributed by atoms with van der Waals surface area (Å²) in [6.07, 6.45) is 0. The molecule has 1 heterocycles. The van der Waals surface area contributed by atoms with Crippen molar-refractivity contribution in [3.8, 4) is 0 Å². The first-order valence-corrected chi connectivity index (χ1v) is 3.96. The van der Waals surface area contributed by atoms with Crippen LogP contribution in [0.15, 0.2) is 5.38 Å². The lowest BCUT2D eigenvalue weighted by Crippen LogP contribution is -2.11. The third-order valence-electron chi connectivity index (χ3n) is 1.33. The fourth-order valence-electron chi connectivity index (χ4n) is 0.709. The molecule has 0 unspecified atom stereocenters. The van der Waals surface area contributed by atoms with Crippen molar-refractivity contribution in [2.24, 2.45) is 0 Å². The molecule has 0 atom stereocenters. The zero-order valence-electron chi connectivity index (χ0n) is 6.31. The second-order valence-electron chi connectivity index (χ2n) is 3.27. The maximum Gasteiger partial charge on any atom is 0.228 e. The van der Waals surface area contributed by atoms with Crippen molar-refractivity contribution < 1.29 is 4.39 Å². The van der Waals surface area contributed by atoms with Crippen LogP contribution in [0.2, 0.25) is 0 Å². The number of nitrogens with zero attached hydrogens (tertiary/aromatic N) is 1. The molecule has 56 valence electrons. The van der Waals surface area contributed by atoms with E-state index in [2.05, 4.69) is 4.37 Å². The molecular weight excluding hydrogens is 149 g/mol. The molecule has 0 aromatic carbocycles. The average molecular weight is 159 g/mol. The largest absolute Gasteiger partial charge is 0.228 e. The highest BCUT2D eigenvalue weighted by Crippen LogP contribution is 2.25. The molecule has 1 aromatic rings. The van der Waals surface area contributed by atoms with Crippen molar-refractivity contribution in [2.45, 2.75) is 26.2 Å². The highest BCUT2D eigenvalue weighted by molar-refractivity contribution is 7.03. The number of aromatic nitrogens is 1. The molecule has 1 nitrogen and oxygen atoms in total. The molecule has 0 fully saturated rings. The zero-order valence-corrected chi connectivity index (χ0v) is 7.13. The Labute approximate surface area is 64.1 Å². The van der Waals surface area contributed by atoms with E-state index in [9.17, 15) is 4.39 Å². The van der Waals surface area contributed by atoms with E-state index in [4.69, 9.17) is 0 Å². The van der Waals surface area contributed by atoms with E-state index in [1.165, 1.54) is 11.5 Å². The van der Waals surface area contributed by atoms with E-state index in [-0.39, 0.29) is 11.4 Å². The van der Waals surface area contributed by atoms with Crippen LogP contribution < -0.4 is 0 Å². The number of rotatable bonds is 0. The quantitative estimate of drug-likeness (QED) is 0.567. The van der Waals surface area contributed by atoms with Gasteiger partial charge in [0.2, 0.25) is 5.95 Å². The van der Waals surface area contributed by atoms with Crippen LogP contribution in [0, 0.1) is 5.95 Å². The third-order valence-corrected chi connectivity index (χ3v) is 1.94. The molecule has 0 aliphatic carbocycles. The van der Waals surface area contributed by atoms with E-state index in [0.29, 0.717) is 5.56 Å². The first-order valence-electron chi connectivity index (χ1n) is 3.12. The lowest BCUT2D eigenvalue weighted by atomic mass is 9.90. The van der Waals surface area contributed by atoms with Gasteiger partial charge in [-0.05, 0) is 16.9 Å². The molecule has 0 radical (unpaired) electrons. The summed E-state index contributed by atoms with van der Waals surface area (Å²) >= 11 is 1.17. The van der Waals surface area contributed by atoms with Gasteiger partial charge in [-0.1, -0.05) is 20.8 Å². The number of halogens is 1. The van der Waals surface area contributed by atoms with Crippen LogP contribution in [0.1, 0.15) is 26.3 Å². The fraction of sp³-hybridized carbons (Fsp3) is 0.571. The van der Waals surface area contributed by atoms with Gasteiger partial charge >= 0.3 is 0 Å². The van der Waals surface area contributed by atoms with E-state index in [0.717, 1.165) is 0 Å². The Kier molecular flexibility index (Phi) is 1.77. The highest BCUT2D eigenvalue weighted by Gasteiger charge is 2.19. The van der Waals surface area contributed by atoms with Crippen LogP contribution in [-0.2, 0) is 5.41 Å². The third kappa shape index (κ3) is 1.34. The summed E-state index contributed by atoms with van der Waals surface area (Å²) in [5.74, 6) is -0.322. The van der Waals surface area contributed by atoms with Crippen LogP contribution in [-0.4, -0.2) is 4.37 Å². The lowest BCUT2D eigenvalue weighted by molar-refractivity contribution is 0.511. The maximum atomic E-state index is 12.7. The summed E-state index contributed by atoms with van der Waals surface area (Å²) in [5.41, 5.74) is 0.592. The minimum absolute atomic E-state index is 0.114. The standard InChI is InChI=1S/C7H10FNS/c1-7(2,3)5-4-10-9-6(5)8/h4H,1-3H3. The Morgan fingerprint density at radius 2 is 2.10 bits per heavy atom. The van der Waals surface area contributed by atoms with Crippen LogP contribution >= 0.6 is 11.5 Å². The van der Waals surface area contributed by atoms with Crippen LogP contribution in [0.4, 0.5) is 4.39 Å². The van der Waals surface area contributed by atoms with Gasteiger partial charge < -0.3 is 0 Å². The monoisotopic (exact) mass is 159 g/mol. The van der Waals surface area contributed by atoms with Gasteiger partial charge in [0.05, 0.1) is 0 Å². The van der Waals surface area contributed by atoms with Crippen molar-refractivity contribution in [1.29, 1.82) is 0 Å². The van der Waals surface area contributed by atoms with Crippen LogP contribution in [0.3, 0.4) is 0 Å². The molecule has 1 rings (SSSR count). The fourth-order valence-corrected chi connectivity index (χ4v) is 1.51. The molecule has 3 heteroatoms. The average Bonchev–Trinajstić information content (AvgIpc) is 2.11. The molecule has 0 aliphatic rings. The van der Waals surface area contributed by atoms with Gasteiger partial charge in [-0.25, -0.2) is 0 Å². The van der Waals surface area contributed by atoms with Crippen LogP contribution in [0.5, 0.6) is 0 Å². The maximum absolute atomic E-state index is 12.7. The van der Waals surface area contributed by atoms with Gasteiger partial charge in [-0.15, -0.1) is 0 Å². The zero-order chi connectivity index (χ0) is 7.78. The van der Waals surface area contributed by atoms with Crippen molar-refractivity contribution in [1.82, 2.24) is 4.37 Å². The predicted molar refractivity (Wildman–Crippen MR) is 40.8 cm³/mol. The Balaban J connectivity index is 3.05. The normalized spacial score (nSPS) is 12.0. The summed E-state index contributed by atoms with van der Waals surface area (Å²) in [7, 11) is 0. The van der Waals surface area contributed by atoms with Crippen LogP contribution in [0.25, 0.3) is 0 Å². The van der Waals surface area contributed by atoms with E-state index < -0.39 is 0 Å². The minimum atomic E-state index is -0.322. The van der Waals surface area contributed by atoms with Gasteiger partial charge in [-0.3, -0.25) is 0 Å². The van der Waals surface area contributed by atoms with Gasteiger partial charge in [0.1, 0.15) is 0 Å². The Hall–Kier alpha value is -0.440. The molecule has 0 spiro atoms. The predicted octanol–water partition coefficient (Wildman–Crippen LogP) is 2.58. The Morgan fingerprint density at radius 3 is 2.30 bits per heavy atom. The smallest absolute Gasteiger partial charge is 0.184 e. The van der Waals surface area contributed by atoms with E-state index >= 15 is 0 Å². The molecular formula is C7H10FNS. The summed E-state index contributed by atoms with van der Waals surface area (Å²) in [5, 5.41) is 1.76. The van der Waals surface area contributed by atoms with Gasteiger partial charge in [0, 0.05) is 10.9 Å². The number of hydrogen-bond acceptors (Lipinski definition) is 2.